The average Bonchev–Trinajstić information content (AvgIpc) is 2.97. The predicted octanol–water partition coefficient (Wildman–Crippen LogP) is 6.97. The van der Waals surface area contributed by atoms with Crippen LogP contribution in [0.1, 0.15) is 49.9 Å². The van der Waals surface area contributed by atoms with Crippen LogP contribution in [0.4, 0.5) is 25.0 Å². The SMILES string of the molecule is COC(=O)Nc1ccc2c(c1)NC(=O)[C@H](C)CCC[C@@H](N1CCC(c3c(F)ccc(Cl)c3F)=CC1=O)c1cc-2ccn1. The molecule has 5 rings (SSSR count). The number of benzene rings is 2. The monoisotopic (exact) mass is 594 g/mol. The zero-order valence-corrected chi connectivity index (χ0v) is 23.8. The summed E-state index contributed by atoms with van der Waals surface area (Å²) in [5.41, 5.74) is 3.02. The lowest BCUT2D eigenvalue weighted by Crippen LogP contribution is -2.38. The van der Waals surface area contributed by atoms with Gasteiger partial charge in [0.1, 0.15) is 5.82 Å². The Labute approximate surface area is 246 Å². The van der Waals surface area contributed by atoms with Gasteiger partial charge in [0.25, 0.3) is 0 Å². The Morgan fingerprint density at radius 2 is 1.95 bits per heavy atom. The topological polar surface area (TPSA) is 101 Å². The van der Waals surface area contributed by atoms with E-state index in [1.807, 2.05) is 13.0 Å². The highest BCUT2D eigenvalue weighted by Gasteiger charge is 2.31. The largest absolute Gasteiger partial charge is 0.453 e. The molecule has 2 atom stereocenters. The fourth-order valence-electron chi connectivity index (χ4n) is 5.40. The standard InChI is InChI=1S/C31H29ClF2N4O4/c1-17-4-3-5-26(38-13-11-19(15-27(38)39)28-23(33)9-8-22(32)29(28)34)25-14-18(10-12-35-25)21-7-6-20(36-31(41)42-2)16-24(21)37-30(17)40/h6-10,12,14-17,26H,3-5,11,13H2,1-2H3,(H,36,41)(H,37,40)/t17-,26-/m1/s1. The van der Waals surface area contributed by atoms with E-state index in [1.165, 1.54) is 13.2 Å². The van der Waals surface area contributed by atoms with E-state index in [0.29, 0.717) is 41.9 Å². The van der Waals surface area contributed by atoms with Gasteiger partial charge < -0.3 is 15.0 Å². The molecule has 0 fully saturated rings. The molecule has 0 unspecified atom stereocenters. The summed E-state index contributed by atoms with van der Waals surface area (Å²) >= 11 is 5.89. The molecular formula is C31H29ClF2N4O4. The van der Waals surface area contributed by atoms with E-state index in [-0.39, 0.29) is 46.9 Å². The number of hydrogen-bond acceptors (Lipinski definition) is 5. The van der Waals surface area contributed by atoms with Gasteiger partial charge in [-0.3, -0.25) is 19.9 Å². The minimum atomic E-state index is -0.889. The third kappa shape index (κ3) is 5.99. The molecule has 0 radical (unpaired) electrons. The minimum Gasteiger partial charge on any atom is -0.453 e. The molecule has 42 heavy (non-hydrogen) atoms. The Balaban J connectivity index is 1.52. The van der Waals surface area contributed by atoms with Crippen LogP contribution in [0.3, 0.4) is 0 Å². The summed E-state index contributed by atoms with van der Waals surface area (Å²) in [5, 5.41) is 5.39. The molecule has 2 aliphatic heterocycles. The number of hydrogen-bond donors (Lipinski definition) is 2. The molecule has 3 amide bonds. The van der Waals surface area contributed by atoms with Crippen LogP contribution >= 0.6 is 11.6 Å². The first-order valence-corrected chi connectivity index (χ1v) is 13.9. The predicted molar refractivity (Wildman–Crippen MR) is 156 cm³/mol. The van der Waals surface area contributed by atoms with Gasteiger partial charge in [0, 0.05) is 36.0 Å². The highest BCUT2D eigenvalue weighted by Crippen LogP contribution is 2.38. The number of nitrogens with zero attached hydrogens (tertiary/aromatic N) is 2. The first-order valence-electron chi connectivity index (χ1n) is 13.6. The lowest BCUT2D eigenvalue weighted by Gasteiger charge is -2.34. The third-order valence-corrected chi connectivity index (χ3v) is 7.94. The number of halogens is 3. The fourth-order valence-corrected chi connectivity index (χ4v) is 5.55. The highest BCUT2D eigenvalue weighted by atomic mass is 35.5. The van der Waals surface area contributed by atoms with Gasteiger partial charge in [-0.2, -0.15) is 0 Å². The number of rotatable bonds is 3. The van der Waals surface area contributed by atoms with E-state index in [0.717, 1.165) is 17.7 Å². The van der Waals surface area contributed by atoms with Crippen LogP contribution in [-0.4, -0.2) is 41.4 Å². The number of aromatic nitrogens is 1. The van der Waals surface area contributed by atoms with Gasteiger partial charge in [0.15, 0.2) is 5.82 Å². The number of fused-ring (bicyclic) bond motifs is 4. The maximum atomic E-state index is 14.7. The third-order valence-electron chi connectivity index (χ3n) is 7.65. The molecule has 0 spiro atoms. The molecule has 8 nitrogen and oxygen atoms in total. The number of anilines is 2. The van der Waals surface area contributed by atoms with Crippen LogP contribution in [-0.2, 0) is 14.3 Å². The van der Waals surface area contributed by atoms with Crippen molar-refractivity contribution in [1.82, 2.24) is 9.88 Å². The average molecular weight is 595 g/mol. The summed E-state index contributed by atoms with van der Waals surface area (Å²) in [5.74, 6) is -2.56. The van der Waals surface area contributed by atoms with Crippen LogP contribution in [0.25, 0.3) is 16.7 Å². The zero-order chi connectivity index (χ0) is 30.0. The molecular weight excluding hydrogens is 566 g/mol. The van der Waals surface area contributed by atoms with E-state index in [2.05, 4.69) is 20.4 Å². The Kier molecular flexibility index (Phi) is 8.54. The molecule has 2 bridgehead atoms. The van der Waals surface area contributed by atoms with Crippen LogP contribution in [0.2, 0.25) is 5.02 Å². The van der Waals surface area contributed by atoms with E-state index >= 15 is 0 Å². The second-order valence-corrected chi connectivity index (χ2v) is 10.8. The minimum absolute atomic E-state index is 0.176. The number of methoxy groups -OCH3 is 1. The summed E-state index contributed by atoms with van der Waals surface area (Å²) < 4.78 is 33.9. The number of nitrogens with one attached hydrogen (secondary N) is 2. The van der Waals surface area contributed by atoms with Gasteiger partial charge >= 0.3 is 6.09 Å². The normalized spacial score (nSPS) is 19.1. The first-order chi connectivity index (χ1) is 20.2. The van der Waals surface area contributed by atoms with Gasteiger partial charge in [-0.05, 0) is 66.8 Å². The van der Waals surface area contributed by atoms with Gasteiger partial charge in [-0.25, -0.2) is 13.6 Å². The molecule has 218 valence electrons. The van der Waals surface area contributed by atoms with Gasteiger partial charge in [0.2, 0.25) is 11.8 Å². The van der Waals surface area contributed by atoms with Crippen molar-refractivity contribution in [3.8, 4) is 11.1 Å². The summed E-state index contributed by atoms with van der Waals surface area (Å²) in [6.07, 6.45) is 4.22. The summed E-state index contributed by atoms with van der Waals surface area (Å²) in [6, 6.07) is 10.6. The molecule has 1 aromatic heterocycles. The molecule has 0 saturated heterocycles. The van der Waals surface area contributed by atoms with Crippen LogP contribution in [0.15, 0.2) is 54.7 Å². The molecule has 0 aliphatic carbocycles. The maximum Gasteiger partial charge on any atom is 0.411 e. The van der Waals surface area contributed by atoms with E-state index in [9.17, 15) is 23.2 Å². The van der Waals surface area contributed by atoms with E-state index in [4.69, 9.17) is 11.6 Å². The quantitative estimate of drug-likeness (QED) is 0.319. The number of pyridine rings is 1. The Morgan fingerprint density at radius 1 is 1.14 bits per heavy atom. The van der Waals surface area contributed by atoms with Crippen molar-refractivity contribution in [2.24, 2.45) is 5.92 Å². The number of amides is 3. The molecule has 11 heteroatoms. The zero-order valence-electron chi connectivity index (χ0n) is 23.0. The smallest absolute Gasteiger partial charge is 0.411 e. The van der Waals surface area contributed by atoms with Crippen molar-refractivity contribution in [2.45, 2.75) is 38.6 Å². The van der Waals surface area contributed by atoms with Crippen molar-refractivity contribution >= 4 is 46.5 Å². The fraction of sp³-hybridized carbons (Fsp3) is 0.290. The second-order valence-electron chi connectivity index (χ2n) is 10.4. The van der Waals surface area contributed by atoms with Gasteiger partial charge in [-0.15, -0.1) is 0 Å². The highest BCUT2D eigenvalue weighted by molar-refractivity contribution is 6.31. The Morgan fingerprint density at radius 3 is 2.71 bits per heavy atom. The summed E-state index contributed by atoms with van der Waals surface area (Å²) in [7, 11) is 1.26. The molecule has 0 saturated carbocycles. The van der Waals surface area contributed by atoms with Crippen molar-refractivity contribution in [3.63, 3.8) is 0 Å². The number of ether oxygens (including phenoxy) is 1. The molecule has 2 N–H and O–H groups in total. The van der Waals surface area contributed by atoms with Crippen molar-refractivity contribution < 1.29 is 27.9 Å². The second kappa shape index (κ2) is 12.3. The number of carbonyl (C=O) groups excluding carboxylic acids is 3. The molecule has 3 aromatic rings. The van der Waals surface area contributed by atoms with Crippen LogP contribution in [0.5, 0.6) is 0 Å². The lowest BCUT2D eigenvalue weighted by molar-refractivity contribution is -0.129. The number of carbonyl (C=O) groups is 3. The van der Waals surface area contributed by atoms with Gasteiger partial charge in [0.05, 0.1) is 35.1 Å². The van der Waals surface area contributed by atoms with Crippen LogP contribution in [0, 0.1) is 17.6 Å². The van der Waals surface area contributed by atoms with Gasteiger partial charge in [-0.1, -0.05) is 31.0 Å². The maximum absolute atomic E-state index is 14.7. The van der Waals surface area contributed by atoms with E-state index < -0.39 is 23.8 Å². The van der Waals surface area contributed by atoms with E-state index in [1.54, 1.807) is 35.4 Å². The molecule has 2 aromatic carbocycles. The van der Waals surface area contributed by atoms with Crippen molar-refractivity contribution in [3.05, 3.63) is 82.7 Å². The lowest BCUT2D eigenvalue weighted by atomic mass is 9.92. The van der Waals surface area contributed by atoms with Crippen molar-refractivity contribution in [1.29, 1.82) is 0 Å². The molecule has 3 heterocycles. The Bertz CT molecular complexity index is 1600. The summed E-state index contributed by atoms with van der Waals surface area (Å²) in [4.78, 5) is 44.6. The molecule has 2 aliphatic rings. The first kappa shape index (κ1) is 29.2. The van der Waals surface area contributed by atoms with Crippen molar-refractivity contribution in [2.75, 3.05) is 24.3 Å². The summed E-state index contributed by atoms with van der Waals surface area (Å²) in [6.45, 7) is 2.06. The van der Waals surface area contributed by atoms with Crippen LogP contribution < -0.4 is 10.6 Å². The Hall–Kier alpha value is -4.31.